The monoisotopic (exact) mass is 638 g/mol. The van der Waals surface area contributed by atoms with Crippen molar-refractivity contribution in [2.45, 2.75) is 46.5 Å². The molecule has 0 atom stereocenters. The van der Waals surface area contributed by atoms with Gasteiger partial charge in [-0.2, -0.15) is 0 Å². The third-order valence-corrected chi connectivity index (χ3v) is 8.56. The van der Waals surface area contributed by atoms with Crippen molar-refractivity contribution >= 4 is 10.8 Å². The molecule has 0 spiro atoms. The zero-order chi connectivity index (χ0) is 33.6. The van der Waals surface area contributed by atoms with E-state index in [1.54, 1.807) is 37.3 Å². The van der Waals surface area contributed by atoms with Gasteiger partial charge in [0.1, 0.15) is 28.8 Å². The molecule has 6 rings (SSSR count). The van der Waals surface area contributed by atoms with Crippen LogP contribution in [0.4, 0.5) is 13.2 Å². The molecule has 1 nitrogen and oxygen atoms in total. The lowest BCUT2D eigenvalue weighted by Gasteiger charge is -2.10. The number of benzene rings is 6. The minimum absolute atomic E-state index is 0.127. The summed E-state index contributed by atoms with van der Waals surface area (Å²) in [6, 6.07) is 33.7. The maximum Gasteiger partial charge on any atom is 0.142 e. The lowest BCUT2D eigenvalue weighted by Crippen LogP contribution is -1.98. The third kappa shape index (κ3) is 7.48. The number of rotatable bonds is 9. The average Bonchev–Trinajstić information content (AvgIpc) is 3.07. The van der Waals surface area contributed by atoms with E-state index in [0.29, 0.717) is 29.0 Å². The number of hydrogen-bond acceptors (Lipinski definition) is 1. The molecule has 0 fully saturated rings. The summed E-state index contributed by atoms with van der Waals surface area (Å²) in [6.07, 6.45) is 4.19. The Morgan fingerprint density at radius 1 is 0.542 bits per heavy atom. The van der Waals surface area contributed by atoms with Crippen molar-refractivity contribution in [3.63, 3.8) is 0 Å². The summed E-state index contributed by atoms with van der Waals surface area (Å²) in [5.41, 5.74) is 7.08. The minimum Gasteiger partial charge on any atom is -0.492 e. The van der Waals surface area contributed by atoms with Crippen LogP contribution in [0.5, 0.6) is 5.75 Å². The zero-order valence-electron chi connectivity index (χ0n) is 27.5. The quantitative estimate of drug-likeness (QED) is 0.143. The number of fused-ring (bicyclic) bond motifs is 1. The van der Waals surface area contributed by atoms with Crippen LogP contribution in [-0.4, -0.2) is 6.61 Å². The Bertz CT molecular complexity index is 2150. The fraction of sp³-hybridized carbons (Fsp3) is 0.182. The molecule has 0 heterocycles. The maximum absolute atomic E-state index is 15.5. The summed E-state index contributed by atoms with van der Waals surface area (Å²) in [6.45, 7) is 6.16. The van der Waals surface area contributed by atoms with E-state index in [2.05, 4.69) is 61.2 Å². The number of hydrogen-bond donors (Lipinski definition) is 0. The summed E-state index contributed by atoms with van der Waals surface area (Å²) >= 11 is 0. The van der Waals surface area contributed by atoms with Gasteiger partial charge in [0.15, 0.2) is 0 Å². The first-order valence-electron chi connectivity index (χ1n) is 16.5. The lowest BCUT2D eigenvalue weighted by molar-refractivity contribution is 0.337. The molecule has 0 radical (unpaired) electrons. The van der Waals surface area contributed by atoms with Gasteiger partial charge in [-0.1, -0.05) is 98.0 Å². The van der Waals surface area contributed by atoms with E-state index in [1.807, 2.05) is 25.1 Å². The molecule has 0 N–H and O–H groups in total. The molecular weight excluding hydrogens is 601 g/mol. The van der Waals surface area contributed by atoms with Crippen LogP contribution < -0.4 is 4.74 Å². The SMILES string of the molecule is CCCc1ccc(CCc2ccc3cc(-c4ccc(-c5ccc(C#Cc6c(F)cc(C)cc6OCC)cc5F)cc4F)ccc3c2)cc1. The van der Waals surface area contributed by atoms with Gasteiger partial charge in [0.25, 0.3) is 0 Å². The van der Waals surface area contributed by atoms with E-state index in [-0.39, 0.29) is 11.1 Å². The van der Waals surface area contributed by atoms with E-state index in [4.69, 9.17) is 4.74 Å². The molecule has 48 heavy (non-hydrogen) atoms. The van der Waals surface area contributed by atoms with Crippen molar-refractivity contribution in [3.8, 4) is 39.8 Å². The van der Waals surface area contributed by atoms with E-state index in [0.717, 1.165) is 47.6 Å². The maximum atomic E-state index is 15.5. The van der Waals surface area contributed by atoms with Crippen LogP contribution >= 0.6 is 0 Å². The predicted octanol–water partition coefficient (Wildman–Crippen LogP) is 11.4. The molecule has 0 aromatic heterocycles. The standard InChI is InChI=1S/C44H37F3O/c1-4-6-30-7-9-31(10-8-30)11-12-32-13-16-35-27-36(18-17-34(35)25-32)39-22-19-37(28-43(39)47)38-20-14-33(26-42(38)46)15-21-40-41(45)23-29(3)24-44(40)48-5-2/h7-10,13-14,16-20,22-28H,4-6,11-12H2,1-3H3. The van der Waals surface area contributed by atoms with Crippen LogP contribution in [0.3, 0.4) is 0 Å². The summed E-state index contributed by atoms with van der Waals surface area (Å²) in [5, 5.41) is 2.14. The second-order valence-electron chi connectivity index (χ2n) is 12.2. The molecule has 0 amide bonds. The number of ether oxygens (including phenoxy) is 1. The Kier molecular flexibility index (Phi) is 9.97. The molecule has 0 aliphatic carbocycles. The normalized spacial score (nSPS) is 11.0. The van der Waals surface area contributed by atoms with Gasteiger partial charge < -0.3 is 4.74 Å². The van der Waals surface area contributed by atoms with Crippen molar-refractivity contribution in [3.05, 3.63) is 160 Å². The Labute approximate surface area is 281 Å². The van der Waals surface area contributed by atoms with Crippen molar-refractivity contribution in [1.29, 1.82) is 0 Å². The van der Waals surface area contributed by atoms with Gasteiger partial charge in [0, 0.05) is 16.7 Å². The summed E-state index contributed by atoms with van der Waals surface area (Å²) in [4.78, 5) is 0. The number of aryl methyl sites for hydroxylation is 4. The topological polar surface area (TPSA) is 9.23 Å². The van der Waals surface area contributed by atoms with Crippen LogP contribution in [0.15, 0.2) is 109 Å². The van der Waals surface area contributed by atoms with Gasteiger partial charge in [-0.3, -0.25) is 0 Å². The molecule has 0 aliphatic rings. The fourth-order valence-corrected chi connectivity index (χ4v) is 6.05. The molecule has 0 aliphatic heterocycles. The second-order valence-corrected chi connectivity index (χ2v) is 12.2. The first-order chi connectivity index (χ1) is 23.3. The first kappa shape index (κ1) is 32.7. The highest BCUT2D eigenvalue weighted by atomic mass is 19.1. The predicted molar refractivity (Wildman–Crippen MR) is 191 cm³/mol. The van der Waals surface area contributed by atoms with E-state index in [9.17, 15) is 4.39 Å². The Balaban J connectivity index is 1.17. The van der Waals surface area contributed by atoms with Gasteiger partial charge in [-0.15, -0.1) is 0 Å². The van der Waals surface area contributed by atoms with Gasteiger partial charge in [0.05, 0.1) is 6.61 Å². The molecule has 0 bridgehead atoms. The first-order valence-corrected chi connectivity index (χ1v) is 16.5. The second kappa shape index (κ2) is 14.7. The molecule has 240 valence electrons. The Morgan fingerprint density at radius 2 is 1.15 bits per heavy atom. The fourth-order valence-electron chi connectivity index (χ4n) is 6.05. The summed E-state index contributed by atoms with van der Waals surface area (Å²) in [7, 11) is 0. The molecular formula is C44H37F3O. The van der Waals surface area contributed by atoms with Crippen LogP contribution in [0.1, 0.15) is 53.6 Å². The van der Waals surface area contributed by atoms with Crippen LogP contribution in [0.25, 0.3) is 33.0 Å². The largest absolute Gasteiger partial charge is 0.492 e. The van der Waals surface area contributed by atoms with Crippen LogP contribution in [-0.2, 0) is 19.3 Å². The van der Waals surface area contributed by atoms with Crippen molar-refractivity contribution in [2.75, 3.05) is 6.61 Å². The van der Waals surface area contributed by atoms with Gasteiger partial charge in [0.2, 0.25) is 0 Å². The lowest BCUT2D eigenvalue weighted by atomic mass is 9.95. The van der Waals surface area contributed by atoms with E-state index < -0.39 is 17.5 Å². The molecule has 0 saturated carbocycles. The van der Waals surface area contributed by atoms with Gasteiger partial charge in [-0.25, -0.2) is 13.2 Å². The smallest absolute Gasteiger partial charge is 0.142 e. The van der Waals surface area contributed by atoms with Crippen molar-refractivity contribution in [1.82, 2.24) is 0 Å². The highest BCUT2D eigenvalue weighted by molar-refractivity contribution is 5.88. The molecule has 6 aromatic rings. The van der Waals surface area contributed by atoms with Crippen molar-refractivity contribution < 1.29 is 17.9 Å². The highest BCUT2D eigenvalue weighted by Gasteiger charge is 2.13. The molecule has 6 aromatic carbocycles. The van der Waals surface area contributed by atoms with Crippen LogP contribution in [0, 0.1) is 36.2 Å². The summed E-state index contributed by atoms with van der Waals surface area (Å²) in [5.74, 6) is 4.51. The van der Waals surface area contributed by atoms with E-state index in [1.165, 1.54) is 34.9 Å². The summed E-state index contributed by atoms with van der Waals surface area (Å²) < 4.78 is 50.9. The Morgan fingerprint density at radius 3 is 1.85 bits per heavy atom. The average molecular weight is 639 g/mol. The highest BCUT2D eigenvalue weighted by Crippen LogP contribution is 2.32. The molecule has 0 saturated heterocycles. The third-order valence-electron chi connectivity index (χ3n) is 8.56. The number of halogens is 3. The zero-order valence-corrected chi connectivity index (χ0v) is 27.5. The minimum atomic E-state index is -0.543. The molecule has 0 unspecified atom stereocenters. The Hall–Kier alpha value is -5.27. The van der Waals surface area contributed by atoms with E-state index >= 15 is 8.78 Å². The molecule has 4 heteroatoms. The van der Waals surface area contributed by atoms with Gasteiger partial charge in [-0.05, 0) is 114 Å². The van der Waals surface area contributed by atoms with Gasteiger partial charge >= 0.3 is 0 Å². The van der Waals surface area contributed by atoms with Crippen LogP contribution in [0.2, 0.25) is 0 Å². The van der Waals surface area contributed by atoms with Crippen molar-refractivity contribution in [2.24, 2.45) is 0 Å².